The van der Waals surface area contributed by atoms with Crippen LogP contribution in [0.25, 0.3) is 10.2 Å². The molecule has 1 aromatic heterocycles. The van der Waals surface area contributed by atoms with Crippen molar-refractivity contribution in [2.24, 2.45) is 4.99 Å². The van der Waals surface area contributed by atoms with Crippen molar-refractivity contribution < 1.29 is 26.7 Å². The molecule has 7 nitrogen and oxygen atoms in total. The summed E-state index contributed by atoms with van der Waals surface area (Å²) in [6.45, 7) is 2.83. The fourth-order valence-electron chi connectivity index (χ4n) is 3.21. The minimum absolute atomic E-state index is 0.0761. The lowest BCUT2D eigenvalue weighted by atomic mass is 10.2. The van der Waals surface area contributed by atoms with Crippen molar-refractivity contribution in [3.8, 4) is 0 Å². The number of carbonyl (C=O) groups is 1. The first-order valence-corrected chi connectivity index (χ1v) is 12.6. The highest BCUT2D eigenvalue weighted by Gasteiger charge is 2.21. The third-order valence-electron chi connectivity index (χ3n) is 5.05. The zero-order valence-electron chi connectivity index (χ0n) is 18.5. The van der Waals surface area contributed by atoms with Gasteiger partial charge in [-0.15, -0.1) is 0 Å². The van der Waals surface area contributed by atoms with Crippen LogP contribution in [0.2, 0.25) is 0 Å². The van der Waals surface area contributed by atoms with Crippen LogP contribution < -0.4 is 4.80 Å². The first-order valence-electron chi connectivity index (χ1n) is 10.3. The maximum Gasteiger partial charge on any atom is 0.279 e. The number of unbranched alkanes of at least 4 members (excludes halogenated alkanes) is 1. The number of hydrogen-bond acceptors (Lipinski definition) is 5. The van der Waals surface area contributed by atoms with Gasteiger partial charge in [0.25, 0.3) is 5.91 Å². The Kier molecular flexibility index (Phi) is 8.11. The topological polar surface area (TPSA) is 81.0 Å². The van der Waals surface area contributed by atoms with Crippen LogP contribution in [-0.4, -0.2) is 50.5 Å². The minimum atomic E-state index is -3.66. The SMILES string of the molecule is CCCCN(C)S(=O)(=O)c1ccc(C(=O)N=c2sc3cc(F)cc(F)c3n2CCOC)cc1. The number of hydrogen-bond donors (Lipinski definition) is 0. The monoisotopic (exact) mass is 497 g/mol. The molecule has 0 N–H and O–H groups in total. The van der Waals surface area contributed by atoms with Crippen LogP contribution in [-0.2, 0) is 21.3 Å². The lowest BCUT2D eigenvalue weighted by Crippen LogP contribution is -2.27. The van der Waals surface area contributed by atoms with Crippen molar-refractivity contribution in [3.05, 3.63) is 58.4 Å². The molecular weight excluding hydrogens is 472 g/mol. The molecule has 0 aliphatic heterocycles. The number of nitrogens with zero attached hydrogens (tertiary/aromatic N) is 3. The molecule has 0 spiro atoms. The highest BCUT2D eigenvalue weighted by Crippen LogP contribution is 2.22. The number of fused-ring (bicyclic) bond motifs is 1. The number of thiazole rings is 1. The summed E-state index contributed by atoms with van der Waals surface area (Å²) in [7, 11) is -0.654. The molecule has 0 bridgehead atoms. The van der Waals surface area contributed by atoms with E-state index in [4.69, 9.17) is 4.74 Å². The molecule has 0 atom stereocenters. The highest BCUT2D eigenvalue weighted by atomic mass is 32.2. The first kappa shape index (κ1) is 25.2. The third kappa shape index (κ3) is 5.55. The van der Waals surface area contributed by atoms with Crippen molar-refractivity contribution in [1.29, 1.82) is 0 Å². The fraction of sp³-hybridized carbons (Fsp3) is 0.364. The average molecular weight is 498 g/mol. The summed E-state index contributed by atoms with van der Waals surface area (Å²) in [6.07, 6.45) is 1.61. The molecule has 3 rings (SSSR count). The normalized spacial score (nSPS) is 12.7. The number of methoxy groups -OCH3 is 1. The van der Waals surface area contributed by atoms with Gasteiger partial charge in [0.15, 0.2) is 10.6 Å². The van der Waals surface area contributed by atoms with E-state index in [9.17, 15) is 22.0 Å². The Labute approximate surface area is 195 Å². The number of rotatable bonds is 9. The first-order chi connectivity index (χ1) is 15.7. The van der Waals surface area contributed by atoms with Gasteiger partial charge in [-0.05, 0) is 36.8 Å². The van der Waals surface area contributed by atoms with E-state index >= 15 is 0 Å². The molecule has 0 fully saturated rings. The Bertz CT molecular complexity index is 1320. The second-order valence-corrected chi connectivity index (χ2v) is 10.4. The number of amides is 1. The lowest BCUT2D eigenvalue weighted by Gasteiger charge is -2.16. The summed E-state index contributed by atoms with van der Waals surface area (Å²) in [6, 6.07) is 7.46. The molecule has 0 aliphatic rings. The summed E-state index contributed by atoms with van der Waals surface area (Å²) in [5.74, 6) is -2.11. The number of carbonyl (C=O) groups excluding carboxylic acids is 1. The van der Waals surface area contributed by atoms with Crippen molar-refractivity contribution in [1.82, 2.24) is 8.87 Å². The number of sulfonamides is 1. The van der Waals surface area contributed by atoms with Crippen LogP contribution in [0.3, 0.4) is 0 Å². The zero-order valence-corrected chi connectivity index (χ0v) is 20.2. The van der Waals surface area contributed by atoms with E-state index < -0.39 is 27.6 Å². The molecular formula is C22H25F2N3O4S2. The van der Waals surface area contributed by atoms with Crippen LogP contribution >= 0.6 is 11.3 Å². The molecule has 33 heavy (non-hydrogen) atoms. The molecule has 3 aromatic rings. The number of benzene rings is 2. The predicted molar refractivity (Wildman–Crippen MR) is 123 cm³/mol. The van der Waals surface area contributed by atoms with Crippen LogP contribution in [0.15, 0.2) is 46.3 Å². The van der Waals surface area contributed by atoms with Gasteiger partial charge in [0, 0.05) is 38.9 Å². The Morgan fingerprint density at radius 1 is 1.21 bits per heavy atom. The van der Waals surface area contributed by atoms with Gasteiger partial charge in [-0.1, -0.05) is 24.7 Å². The maximum atomic E-state index is 14.4. The van der Waals surface area contributed by atoms with Gasteiger partial charge in [-0.2, -0.15) is 4.99 Å². The number of halogens is 2. The molecule has 0 saturated heterocycles. The molecule has 0 saturated carbocycles. The molecule has 0 radical (unpaired) electrons. The second kappa shape index (κ2) is 10.6. The van der Waals surface area contributed by atoms with Crippen molar-refractivity contribution in [2.75, 3.05) is 27.3 Å². The smallest absolute Gasteiger partial charge is 0.279 e. The van der Waals surface area contributed by atoms with Crippen molar-refractivity contribution in [3.63, 3.8) is 0 Å². The minimum Gasteiger partial charge on any atom is -0.383 e. The van der Waals surface area contributed by atoms with E-state index in [2.05, 4.69) is 4.99 Å². The average Bonchev–Trinajstić information content (AvgIpc) is 3.12. The Balaban J connectivity index is 1.96. The standard InChI is InChI=1S/C22H25F2N3O4S2/c1-4-5-10-26(2)33(29,30)17-8-6-15(7-9-17)21(28)25-22-27(11-12-31-3)20-18(24)13-16(23)14-19(20)32-22/h6-9,13-14H,4-5,10-12H2,1-3H3. The van der Waals surface area contributed by atoms with E-state index in [1.807, 2.05) is 6.92 Å². The molecule has 1 amide bonds. The third-order valence-corrected chi connectivity index (χ3v) is 7.94. The van der Waals surface area contributed by atoms with E-state index in [1.165, 1.54) is 53.4 Å². The van der Waals surface area contributed by atoms with Gasteiger partial charge in [0.2, 0.25) is 10.0 Å². The van der Waals surface area contributed by atoms with Crippen LogP contribution in [0.5, 0.6) is 0 Å². The second-order valence-electron chi connectivity index (χ2n) is 7.38. The van der Waals surface area contributed by atoms with Gasteiger partial charge < -0.3 is 9.30 Å². The molecule has 178 valence electrons. The zero-order chi connectivity index (χ0) is 24.2. The Hall–Kier alpha value is -2.47. The summed E-state index contributed by atoms with van der Waals surface area (Å²) >= 11 is 0.982. The van der Waals surface area contributed by atoms with E-state index in [0.717, 1.165) is 30.2 Å². The van der Waals surface area contributed by atoms with Gasteiger partial charge in [0.05, 0.1) is 21.7 Å². The summed E-state index contributed by atoms with van der Waals surface area (Å²) in [5.41, 5.74) is 0.314. The van der Waals surface area contributed by atoms with Crippen molar-refractivity contribution in [2.45, 2.75) is 31.2 Å². The molecule has 0 aliphatic carbocycles. The lowest BCUT2D eigenvalue weighted by molar-refractivity contribution is 0.0997. The van der Waals surface area contributed by atoms with Gasteiger partial charge >= 0.3 is 0 Å². The van der Waals surface area contributed by atoms with Crippen LogP contribution in [0.4, 0.5) is 8.78 Å². The number of aromatic nitrogens is 1. The summed E-state index contributed by atoms with van der Waals surface area (Å²) in [4.78, 5) is 17.1. The quantitative estimate of drug-likeness (QED) is 0.451. The van der Waals surface area contributed by atoms with Gasteiger partial charge in [0.1, 0.15) is 5.82 Å². The Morgan fingerprint density at radius 2 is 1.91 bits per heavy atom. The molecule has 1 heterocycles. The van der Waals surface area contributed by atoms with E-state index in [1.54, 1.807) is 0 Å². The van der Waals surface area contributed by atoms with Gasteiger partial charge in [-0.25, -0.2) is 21.5 Å². The highest BCUT2D eigenvalue weighted by molar-refractivity contribution is 7.89. The fourth-order valence-corrected chi connectivity index (χ4v) is 5.51. The summed E-state index contributed by atoms with van der Waals surface area (Å²) in [5, 5.41) is 0. The van der Waals surface area contributed by atoms with Gasteiger partial charge in [-0.3, -0.25) is 4.79 Å². The molecule has 0 unspecified atom stereocenters. The van der Waals surface area contributed by atoms with Crippen LogP contribution in [0, 0.1) is 11.6 Å². The van der Waals surface area contributed by atoms with E-state index in [-0.39, 0.29) is 33.9 Å². The predicted octanol–water partition coefficient (Wildman–Crippen LogP) is 3.79. The molecule has 11 heteroatoms. The largest absolute Gasteiger partial charge is 0.383 e. The maximum absolute atomic E-state index is 14.4. The van der Waals surface area contributed by atoms with Crippen LogP contribution in [0.1, 0.15) is 30.1 Å². The Morgan fingerprint density at radius 3 is 2.55 bits per heavy atom. The number of ether oxygens (including phenoxy) is 1. The summed E-state index contributed by atoms with van der Waals surface area (Å²) < 4.78 is 61.5. The van der Waals surface area contributed by atoms with E-state index in [0.29, 0.717) is 11.2 Å². The van der Waals surface area contributed by atoms with Crippen molar-refractivity contribution >= 4 is 37.5 Å². The molecule has 2 aromatic carbocycles.